The van der Waals surface area contributed by atoms with Gasteiger partial charge >= 0.3 is 0 Å². The van der Waals surface area contributed by atoms with Crippen molar-refractivity contribution < 1.29 is 0 Å². The Bertz CT molecular complexity index is 459. The number of hydrogen-bond donors (Lipinski definition) is 2. The van der Waals surface area contributed by atoms with E-state index >= 15 is 0 Å². The van der Waals surface area contributed by atoms with Gasteiger partial charge in [-0.3, -0.25) is 9.80 Å². The van der Waals surface area contributed by atoms with E-state index in [1.807, 2.05) is 0 Å². The fourth-order valence-electron chi connectivity index (χ4n) is 6.18. The van der Waals surface area contributed by atoms with Crippen molar-refractivity contribution in [1.29, 1.82) is 0 Å². The molecule has 4 aliphatic rings. The van der Waals surface area contributed by atoms with Gasteiger partial charge < -0.3 is 10.6 Å². The van der Waals surface area contributed by atoms with Crippen LogP contribution in [0, 0.1) is 5.92 Å². The van der Waals surface area contributed by atoms with Gasteiger partial charge in [-0.05, 0) is 58.8 Å². The summed E-state index contributed by atoms with van der Waals surface area (Å²) < 4.78 is 0. The highest BCUT2D eigenvalue weighted by Crippen LogP contribution is 2.44. The van der Waals surface area contributed by atoms with E-state index in [0.717, 1.165) is 12.0 Å². The normalized spacial score (nSPS) is 37.7. The van der Waals surface area contributed by atoms with Crippen molar-refractivity contribution in [2.75, 3.05) is 39.3 Å². The van der Waals surface area contributed by atoms with Crippen molar-refractivity contribution in [3.8, 4) is 0 Å². The molecule has 4 fully saturated rings. The maximum Gasteiger partial charge on any atom is 0.0338 e. The molecule has 2 saturated carbocycles. The average Bonchev–Trinajstić information content (AvgIpc) is 3.06. The van der Waals surface area contributed by atoms with Crippen LogP contribution in [0.4, 0.5) is 0 Å². The highest BCUT2D eigenvalue weighted by molar-refractivity contribution is 5.08. The summed E-state index contributed by atoms with van der Waals surface area (Å²) in [4.78, 5) is 5.52. The van der Waals surface area contributed by atoms with E-state index in [1.54, 1.807) is 0 Å². The van der Waals surface area contributed by atoms with Gasteiger partial charge in [-0.25, -0.2) is 0 Å². The van der Waals surface area contributed by atoms with Crippen LogP contribution in [-0.4, -0.2) is 72.2 Å². The van der Waals surface area contributed by atoms with Crippen LogP contribution in [0.25, 0.3) is 0 Å². The maximum atomic E-state index is 3.95. The van der Waals surface area contributed by atoms with Crippen LogP contribution in [-0.2, 0) is 0 Å². The van der Waals surface area contributed by atoms with Crippen LogP contribution in [0.2, 0.25) is 0 Å². The average molecular weight is 349 g/mol. The van der Waals surface area contributed by atoms with E-state index in [0.29, 0.717) is 17.1 Å². The number of nitrogens with zero attached hydrogens (tertiary/aromatic N) is 2. The molecule has 3 unspecified atom stereocenters. The molecule has 2 saturated heterocycles. The van der Waals surface area contributed by atoms with Crippen molar-refractivity contribution in [2.24, 2.45) is 5.92 Å². The summed E-state index contributed by atoms with van der Waals surface area (Å²) in [7, 11) is 0. The zero-order valence-electron chi connectivity index (χ0n) is 16.8. The quantitative estimate of drug-likeness (QED) is 0.817. The molecule has 2 aliphatic heterocycles. The zero-order valence-corrected chi connectivity index (χ0v) is 16.8. The first kappa shape index (κ1) is 18.2. The molecule has 0 bridgehead atoms. The Hall–Kier alpha value is -0.160. The van der Waals surface area contributed by atoms with Gasteiger partial charge in [0.2, 0.25) is 0 Å². The molecule has 0 amide bonds. The summed E-state index contributed by atoms with van der Waals surface area (Å²) in [6.07, 6.45) is 9.85. The van der Waals surface area contributed by atoms with Gasteiger partial charge in [0.05, 0.1) is 0 Å². The Kier molecular flexibility index (Phi) is 5.18. The summed E-state index contributed by atoms with van der Waals surface area (Å²) >= 11 is 0. The Balaban J connectivity index is 1.35. The summed E-state index contributed by atoms with van der Waals surface area (Å²) in [6.45, 7) is 14.6. The fraction of sp³-hybridized carbons (Fsp3) is 1.00. The van der Waals surface area contributed by atoms with Crippen molar-refractivity contribution in [1.82, 2.24) is 20.4 Å². The lowest BCUT2D eigenvalue weighted by molar-refractivity contribution is -0.0200. The summed E-state index contributed by atoms with van der Waals surface area (Å²) in [5.41, 5.74) is 0.886. The maximum absolute atomic E-state index is 3.95. The lowest BCUT2D eigenvalue weighted by atomic mass is 9.63. The molecule has 4 rings (SSSR count). The second-order valence-corrected chi connectivity index (χ2v) is 9.85. The van der Waals surface area contributed by atoms with Crippen LogP contribution in [0.15, 0.2) is 0 Å². The predicted molar refractivity (Wildman–Crippen MR) is 105 cm³/mol. The Morgan fingerprint density at radius 2 is 1.64 bits per heavy atom. The second-order valence-electron chi connectivity index (χ2n) is 9.85. The van der Waals surface area contributed by atoms with Crippen LogP contribution < -0.4 is 10.6 Å². The third kappa shape index (κ3) is 3.52. The van der Waals surface area contributed by atoms with Gasteiger partial charge in [-0.2, -0.15) is 0 Å². The van der Waals surface area contributed by atoms with Crippen LogP contribution in [0.1, 0.15) is 65.7 Å². The van der Waals surface area contributed by atoms with Gasteiger partial charge in [-0.15, -0.1) is 0 Å². The lowest BCUT2D eigenvalue weighted by Gasteiger charge is -2.57. The molecule has 3 atom stereocenters. The Labute approximate surface area is 155 Å². The summed E-state index contributed by atoms with van der Waals surface area (Å²) in [5.74, 6) is 0.874. The molecule has 2 aliphatic carbocycles. The Morgan fingerprint density at radius 3 is 2.32 bits per heavy atom. The van der Waals surface area contributed by atoms with Gasteiger partial charge in [0.15, 0.2) is 0 Å². The summed E-state index contributed by atoms with van der Waals surface area (Å²) in [6, 6.07) is 1.42. The first-order valence-electron chi connectivity index (χ1n) is 11.0. The van der Waals surface area contributed by atoms with Gasteiger partial charge in [0, 0.05) is 62.4 Å². The molecule has 0 aromatic heterocycles. The molecule has 0 radical (unpaired) electrons. The van der Waals surface area contributed by atoms with E-state index in [4.69, 9.17) is 0 Å². The molecule has 4 nitrogen and oxygen atoms in total. The molecular weight excluding hydrogens is 308 g/mol. The van der Waals surface area contributed by atoms with Crippen LogP contribution >= 0.6 is 0 Å². The highest BCUT2D eigenvalue weighted by Gasteiger charge is 2.50. The molecule has 144 valence electrons. The smallest absolute Gasteiger partial charge is 0.0338 e. The van der Waals surface area contributed by atoms with E-state index in [9.17, 15) is 0 Å². The van der Waals surface area contributed by atoms with Crippen molar-refractivity contribution >= 4 is 0 Å². The van der Waals surface area contributed by atoms with Crippen molar-refractivity contribution in [3.05, 3.63) is 0 Å². The molecule has 4 heteroatoms. The molecule has 2 spiro atoms. The molecular formula is C21H40N4. The fourth-order valence-corrected chi connectivity index (χ4v) is 6.18. The Morgan fingerprint density at radius 1 is 0.920 bits per heavy atom. The zero-order chi connectivity index (χ0) is 17.5. The third-order valence-corrected chi connectivity index (χ3v) is 8.03. The molecule has 0 aromatic rings. The van der Waals surface area contributed by atoms with Crippen LogP contribution in [0.3, 0.4) is 0 Å². The predicted octanol–water partition coefficient (Wildman–Crippen LogP) is 2.45. The van der Waals surface area contributed by atoms with E-state index < -0.39 is 0 Å². The number of hydrogen-bond acceptors (Lipinski definition) is 4. The molecule has 2 N–H and O–H groups in total. The summed E-state index contributed by atoms with van der Waals surface area (Å²) in [5, 5.41) is 7.83. The number of rotatable bonds is 4. The minimum Gasteiger partial charge on any atom is -0.309 e. The van der Waals surface area contributed by atoms with Crippen molar-refractivity contribution in [3.63, 3.8) is 0 Å². The first-order chi connectivity index (χ1) is 12.0. The highest BCUT2D eigenvalue weighted by atomic mass is 15.3. The number of piperazine rings is 2. The first-order valence-corrected chi connectivity index (χ1v) is 11.0. The van der Waals surface area contributed by atoms with E-state index in [-0.39, 0.29) is 0 Å². The van der Waals surface area contributed by atoms with Crippen molar-refractivity contribution in [2.45, 2.75) is 88.9 Å². The second kappa shape index (κ2) is 7.10. The van der Waals surface area contributed by atoms with Crippen LogP contribution in [0.5, 0.6) is 0 Å². The molecule has 2 heterocycles. The number of nitrogens with one attached hydrogen (secondary N) is 2. The van der Waals surface area contributed by atoms with E-state index in [2.05, 4.69) is 41.2 Å². The monoisotopic (exact) mass is 348 g/mol. The molecule has 0 aromatic carbocycles. The van der Waals surface area contributed by atoms with Gasteiger partial charge in [-0.1, -0.05) is 12.8 Å². The minimum absolute atomic E-state index is 0.426. The molecule has 25 heavy (non-hydrogen) atoms. The lowest BCUT2D eigenvalue weighted by Crippen LogP contribution is -2.70. The van der Waals surface area contributed by atoms with Gasteiger partial charge in [0.25, 0.3) is 0 Å². The largest absolute Gasteiger partial charge is 0.309 e. The third-order valence-electron chi connectivity index (χ3n) is 8.03. The minimum atomic E-state index is 0.426. The topological polar surface area (TPSA) is 30.5 Å². The SMILES string of the molecule is CC(C)N1CCNC2(CCC2CC(C)N2CCNC3(CCCC3)C2)C1. The van der Waals surface area contributed by atoms with Gasteiger partial charge in [0.1, 0.15) is 0 Å². The standard InChI is InChI=1S/C21H40N4/c1-17(2)24-12-11-23-21(16-24)9-6-19(21)14-18(3)25-13-10-22-20(15-25)7-4-5-8-20/h17-19,22-23H,4-16H2,1-3H3. The van der Waals surface area contributed by atoms with E-state index in [1.165, 1.54) is 84.2 Å².